The molecule has 4 nitrogen and oxygen atoms in total. The lowest BCUT2D eigenvalue weighted by Gasteiger charge is -2.01. The van der Waals surface area contributed by atoms with Crippen molar-refractivity contribution >= 4 is 5.78 Å². The number of aromatic nitrogens is 3. The van der Waals surface area contributed by atoms with Crippen LogP contribution >= 0.6 is 0 Å². The van der Waals surface area contributed by atoms with Crippen LogP contribution < -0.4 is 0 Å². The highest BCUT2D eigenvalue weighted by molar-refractivity contribution is 5.95. The van der Waals surface area contributed by atoms with Crippen LogP contribution in [0.3, 0.4) is 0 Å². The molecule has 16 heavy (non-hydrogen) atoms. The zero-order valence-electron chi connectivity index (χ0n) is 8.08. The van der Waals surface area contributed by atoms with Crippen LogP contribution in [0.5, 0.6) is 0 Å². The van der Waals surface area contributed by atoms with Gasteiger partial charge in [-0.05, 0) is 12.1 Å². The summed E-state index contributed by atoms with van der Waals surface area (Å²) in [6.45, 7) is 0. The monoisotopic (exact) mass is 223 g/mol. The number of ketones is 1. The second-order valence-corrected chi connectivity index (χ2v) is 3.16. The number of hydrogen-bond donors (Lipinski definition) is 1. The number of nitrogens with one attached hydrogen (secondary N) is 1. The van der Waals surface area contributed by atoms with Crippen molar-refractivity contribution < 1.29 is 13.6 Å². The maximum Gasteiger partial charge on any atom is 0.189 e. The van der Waals surface area contributed by atoms with Gasteiger partial charge in [0.25, 0.3) is 0 Å². The molecule has 6 heteroatoms. The first-order chi connectivity index (χ1) is 7.68. The molecule has 1 N–H and O–H groups in total. The fourth-order valence-corrected chi connectivity index (χ4v) is 1.29. The number of rotatable bonds is 3. The Morgan fingerprint density at radius 1 is 1.31 bits per heavy atom. The molecular weight excluding hydrogens is 216 g/mol. The molecule has 0 radical (unpaired) electrons. The number of nitrogens with zero attached hydrogens (tertiary/aromatic N) is 2. The third-order valence-electron chi connectivity index (χ3n) is 2.10. The zero-order chi connectivity index (χ0) is 11.5. The summed E-state index contributed by atoms with van der Waals surface area (Å²) in [7, 11) is 0. The quantitative estimate of drug-likeness (QED) is 0.802. The molecular formula is C10H7F2N3O. The van der Waals surface area contributed by atoms with E-state index in [0.29, 0.717) is 0 Å². The standard InChI is InChI=1S/C10H7F2N3O/c11-7-2-1-3-8(12)6(7)4-10(16)9-5-13-15-14-9/h1-3,5H,4H2,(H,13,14,15). The van der Waals surface area contributed by atoms with Gasteiger partial charge in [0.05, 0.1) is 6.20 Å². The highest BCUT2D eigenvalue weighted by Crippen LogP contribution is 2.14. The minimum absolute atomic E-state index is 0.0580. The Morgan fingerprint density at radius 3 is 2.56 bits per heavy atom. The number of aromatic amines is 1. The number of benzene rings is 1. The second kappa shape index (κ2) is 4.18. The molecule has 0 fully saturated rings. The average Bonchev–Trinajstić information content (AvgIpc) is 2.76. The Bertz CT molecular complexity index is 491. The van der Waals surface area contributed by atoms with Gasteiger partial charge in [-0.1, -0.05) is 6.07 Å². The number of H-pyrrole nitrogens is 1. The Balaban J connectivity index is 2.25. The molecule has 2 rings (SSSR count). The van der Waals surface area contributed by atoms with Crippen LogP contribution in [-0.2, 0) is 6.42 Å². The summed E-state index contributed by atoms with van der Waals surface area (Å²) >= 11 is 0. The molecule has 2 aromatic rings. The maximum atomic E-state index is 13.2. The van der Waals surface area contributed by atoms with Crippen molar-refractivity contribution in [3.05, 3.63) is 47.3 Å². The van der Waals surface area contributed by atoms with Crippen molar-refractivity contribution in [2.45, 2.75) is 6.42 Å². The lowest BCUT2D eigenvalue weighted by molar-refractivity contribution is 0.0985. The summed E-state index contributed by atoms with van der Waals surface area (Å²) in [5.74, 6) is -1.97. The summed E-state index contributed by atoms with van der Waals surface area (Å²) in [5.41, 5.74) is -0.196. The largest absolute Gasteiger partial charge is 0.292 e. The molecule has 82 valence electrons. The molecule has 0 atom stereocenters. The molecule has 1 aromatic carbocycles. The van der Waals surface area contributed by atoms with Crippen LogP contribution in [0.2, 0.25) is 0 Å². The lowest BCUT2D eigenvalue weighted by Crippen LogP contribution is -2.07. The van der Waals surface area contributed by atoms with Gasteiger partial charge in [0.1, 0.15) is 17.3 Å². The molecule has 0 saturated carbocycles. The normalized spacial score (nSPS) is 10.4. The van der Waals surface area contributed by atoms with E-state index in [2.05, 4.69) is 15.4 Å². The molecule has 0 spiro atoms. The topological polar surface area (TPSA) is 58.6 Å². The van der Waals surface area contributed by atoms with Gasteiger partial charge in [-0.3, -0.25) is 4.79 Å². The van der Waals surface area contributed by atoms with E-state index in [-0.39, 0.29) is 17.7 Å². The van der Waals surface area contributed by atoms with Crippen molar-refractivity contribution in [2.75, 3.05) is 0 Å². The molecule has 1 heterocycles. The fourth-order valence-electron chi connectivity index (χ4n) is 1.29. The zero-order valence-corrected chi connectivity index (χ0v) is 8.08. The highest BCUT2D eigenvalue weighted by atomic mass is 19.1. The second-order valence-electron chi connectivity index (χ2n) is 3.16. The van der Waals surface area contributed by atoms with Gasteiger partial charge < -0.3 is 0 Å². The molecule has 0 bridgehead atoms. The number of Topliss-reactive ketones (excluding diaryl/α,β-unsaturated/α-hetero) is 1. The fraction of sp³-hybridized carbons (Fsp3) is 0.100. The summed E-state index contributed by atoms with van der Waals surface area (Å²) < 4.78 is 26.4. The van der Waals surface area contributed by atoms with Crippen LogP contribution in [0.4, 0.5) is 8.78 Å². The van der Waals surface area contributed by atoms with Gasteiger partial charge in [-0.2, -0.15) is 15.4 Å². The van der Waals surface area contributed by atoms with E-state index < -0.39 is 17.4 Å². The van der Waals surface area contributed by atoms with E-state index >= 15 is 0 Å². The van der Waals surface area contributed by atoms with Crippen LogP contribution in [0.25, 0.3) is 0 Å². The summed E-state index contributed by atoms with van der Waals surface area (Å²) in [6, 6.07) is 3.46. The summed E-state index contributed by atoms with van der Waals surface area (Å²) in [6.07, 6.45) is 0.839. The molecule has 0 amide bonds. The molecule has 0 unspecified atom stereocenters. The average molecular weight is 223 g/mol. The molecule has 0 aliphatic rings. The van der Waals surface area contributed by atoms with Crippen LogP contribution in [0.15, 0.2) is 24.4 Å². The van der Waals surface area contributed by atoms with Crippen molar-refractivity contribution in [3.63, 3.8) is 0 Å². The van der Waals surface area contributed by atoms with Gasteiger partial charge in [-0.25, -0.2) is 8.78 Å². The third-order valence-corrected chi connectivity index (χ3v) is 2.10. The van der Waals surface area contributed by atoms with E-state index in [0.717, 1.165) is 12.1 Å². The molecule has 0 saturated heterocycles. The van der Waals surface area contributed by atoms with Crippen molar-refractivity contribution in [1.82, 2.24) is 15.4 Å². The van der Waals surface area contributed by atoms with Gasteiger partial charge >= 0.3 is 0 Å². The Morgan fingerprint density at radius 2 is 2.00 bits per heavy atom. The van der Waals surface area contributed by atoms with E-state index in [4.69, 9.17) is 0 Å². The van der Waals surface area contributed by atoms with Crippen molar-refractivity contribution in [1.29, 1.82) is 0 Å². The lowest BCUT2D eigenvalue weighted by atomic mass is 10.1. The van der Waals surface area contributed by atoms with Gasteiger partial charge in [-0.15, -0.1) is 0 Å². The van der Waals surface area contributed by atoms with Gasteiger partial charge in [0.15, 0.2) is 5.78 Å². The number of carbonyl (C=O) groups excluding carboxylic acids is 1. The van der Waals surface area contributed by atoms with Crippen molar-refractivity contribution in [3.8, 4) is 0 Å². The van der Waals surface area contributed by atoms with E-state index in [1.54, 1.807) is 0 Å². The van der Waals surface area contributed by atoms with E-state index in [1.807, 2.05) is 0 Å². The third kappa shape index (κ3) is 1.95. The minimum Gasteiger partial charge on any atom is -0.292 e. The minimum atomic E-state index is -0.739. The summed E-state index contributed by atoms with van der Waals surface area (Å²) in [4.78, 5) is 11.5. The number of halogens is 2. The van der Waals surface area contributed by atoms with Crippen molar-refractivity contribution in [2.24, 2.45) is 0 Å². The maximum absolute atomic E-state index is 13.2. The number of hydrogen-bond acceptors (Lipinski definition) is 3. The predicted octanol–water partition coefficient (Wildman–Crippen LogP) is 1.51. The van der Waals surface area contributed by atoms with Crippen LogP contribution in [0, 0.1) is 11.6 Å². The van der Waals surface area contributed by atoms with Crippen LogP contribution in [0.1, 0.15) is 16.1 Å². The Kier molecular flexibility index (Phi) is 2.72. The molecule has 1 aromatic heterocycles. The Hall–Kier alpha value is -2.11. The first-order valence-corrected chi connectivity index (χ1v) is 4.50. The predicted molar refractivity (Wildman–Crippen MR) is 50.8 cm³/mol. The molecule has 0 aliphatic heterocycles. The first-order valence-electron chi connectivity index (χ1n) is 4.50. The van der Waals surface area contributed by atoms with E-state index in [9.17, 15) is 13.6 Å². The SMILES string of the molecule is O=C(Cc1c(F)cccc1F)c1cn[nH]n1. The van der Waals surface area contributed by atoms with E-state index in [1.165, 1.54) is 12.3 Å². The Labute approximate surface area is 89.3 Å². The number of carbonyl (C=O) groups is 1. The highest BCUT2D eigenvalue weighted by Gasteiger charge is 2.15. The molecule has 0 aliphatic carbocycles. The first kappa shape index (κ1) is 10.4. The van der Waals surface area contributed by atoms with Gasteiger partial charge in [0, 0.05) is 12.0 Å². The van der Waals surface area contributed by atoms with Crippen LogP contribution in [-0.4, -0.2) is 21.2 Å². The summed E-state index contributed by atoms with van der Waals surface area (Å²) in [5, 5.41) is 9.24. The van der Waals surface area contributed by atoms with Gasteiger partial charge in [0.2, 0.25) is 0 Å². The smallest absolute Gasteiger partial charge is 0.189 e.